The first kappa shape index (κ1) is 23.0. The second-order valence-electron chi connectivity index (χ2n) is 6.51. The van der Waals surface area contributed by atoms with Crippen LogP contribution in [0.2, 0.25) is 5.02 Å². The molecule has 0 aliphatic heterocycles. The summed E-state index contributed by atoms with van der Waals surface area (Å²) in [5.41, 5.74) is -2.32. The minimum absolute atomic E-state index is 0.0169. The smallest absolute Gasteiger partial charge is 0.417 e. The van der Waals surface area contributed by atoms with E-state index < -0.39 is 53.0 Å². The quantitative estimate of drug-likeness (QED) is 0.538. The lowest BCUT2D eigenvalue weighted by molar-refractivity contribution is -0.147. The van der Waals surface area contributed by atoms with E-state index >= 15 is 0 Å². The van der Waals surface area contributed by atoms with Crippen LogP contribution in [0.1, 0.15) is 5.56 Å². The number of pyridine rings is 1. The van der Waals surface area contributed by atoms with Crippen molar-refractivity contribution in [1.29, 1.82) is 0 Å². The summed E-state index contributed by atoms with van der Waals surface area (Å²) >= 11 is 5.69. The number of nitrogens with zero attached hydrogens (tertiary/aromatic N) is 5. The van der Waals surface area contributed by atoms with E-state index in [2.05, 4.69) is 15.3 Å². The Kier molecular flexibility index (Phi) is 6.07. The molecule has 11 nitrogen and oxygen atoms in total. The first-order valence-corrected chi connectivity index (χ1v) is 9.07. The van der Waals surface area contributed by atoms with Gasteiger partial charge in [-0.25, -0.2) is 14.8 Å². The number of aromatic nitrogens is 5. The van der Waals surface area contributed by atoms with Crippen molar-refractivity contribution < 1.29 is 27.5 Å². The third-order valence-electron chi connectivity index (χ3n) is 4.31. The number of hydrogen-bond acceptors (Lipinski definition) is 7. The molecule has 0 atom stereocenters. The summed E-state index contributed by atoms with van der Waals surface area (Å²) in [5.74, 6) is -2.16. The van der Waals surface area contributed by atoms with Crippen LogP contribution in [0.4, 0.5) is 19.0 Å². The molecular weight excluding hydrogens is 461 g/mol. The molecule has 3 aromatic rings. The molecule has 3 rings (SSSR count). The van der Waals surface area contributed by atoms with Crippen molar-refractivity contribution in [3.8, 4) is 0 Å². The average Bonchev–Trinajstić information content (AvgIpc) is 3.13. The summed E-state index contributed by atoms with van der Waals surface area (Å²) in [6.45, 7) is -1.28. The maximum absolute atomic E-state index is 12.6. The van der Waals surface area contributed by atoms with E-state index in [0.717, 1.165) is 13.7 Å². The van der Waals surface area contributed by atoms with Crippen LogP contribution in [0.3, 0.4) is 0 Å². The van der Waals surface area contributed by atoms with Crippen molar-refractivity contribution in [3.63, 3.8) is 0 Å². The van der Waals surface area contributed by atoms with Gasteiger partial charge < -0.3 is 14.6 Å². The number of carbonyl (C=O) groups is 2. The fraction of sp³-hybridized carbons (Fsp3) is 0.294. The highest BCUT2D eigenvalue weighted by atomic mass is 35.5. The van der Waals surface area contributed by atoms with Gasteiger partial charge in [-0.15, -0.1) is 0 Å². The molecule has 0 saturated heterocycles. The molecule has 0 aromatic carbocycles. The molecule has 170 valence electrons. The topological polar surface area (TPSA) is 130 Å². The van der Waals surface area contributed by atoms with Gasteiger partial charge in [-0.1, -0.05) is 11.6 Å². The van der Waals surface area contributed by atoms with E-state index in [-0.39, 0.29) is 17.0 Å². The lowest BCUT2D eigenvalue weighted by atomic mass is 10.3. The number of imidazole rings is 1. The van der Waals surface area contributed by atoms with Gasteiger partial charge in [0.15, 0.2) is 23.6 Å². The van der Waals surface area contributed by atoms with Crippen molar-refractivity contribution in [2.75, 3.05) is 11.9 Å². The molecule has 0 aliphatic carbocycles. The second-order valence-corrected chi connectivity index (χ2v) is 6.92. The van der Waals surface area contributed by atoms with Gasteiger partial charge in [0.1, 0.15) is 6.54 Å². The van der Waals surface area contributed by atoms with E-state index in [4.69, 9.17) is 16.3 Å². The zero-order chi connectivity index (χ0) is 23.8. The standard InChI is InChI=1S/C17H14ClF3N6O5/c1-25-14-12(15(30)26(2)16(25)31)27(7-23-14)5-11(29)32-6-10(28)24-13-9(18)3-8(4-22-13)17(19,20)21/h3-4,7H,5-6H2,1-2H3,(H,22,24,28). The lowest BCUT2D eigenvalue weighted by Gasteiger charge is -2.10. The molecular formula is C17H14ClF3N6O5. The molecule has 0 unspecified atom stereocenters. The Morgan fingerprint density at radius 2 is 1.88 bits per heavy atom. The molecule has 32 heavy (non-hydrogen) atoms. The Hall–Kier alpha value is -3.68. The molecule has 0 fully saturated rings. The molecule has 15 heteroatoms. The molecule has 3 heterocycles. The molecule has 1 amide bonds. The molecule has 0 saturated carbocycles. The number of amides is 1. The number of halogens is 4. The third kappa shape index (κ3) is 4.49. The number of esters is 1. The highest BCUT2D eigenvalue weighted by Gasteiger charge is 2.31. The minimum atomic E-state index is -4.65. The van der Waals surface area contributed by atoms with Crippen LogP contribution >= 0.6 is 11.6 Å². The fourth-order valence-electron chi connectivity index (χ4n) is 2.70. The summed E-state index contributed by atoms with van der Waals surface area (Å²) < 4.78 is 45.8. The molecule has 0 spiro atoms. The summed E-state index contributed by atoms with van der Waals surface area (Å²) in [7, 11) is 2.68. The summed E-state index contributed by atoms with van der Waals surface area (Å²) in [6.07, 6.45) is -3.00. The zero-order valence-corrected chi connectivity index (χ0v) is 17.2. The van der Waals surface area contributed by atoms with Gasteiger partial charge in [0, 0.05) is 20.3 Å². The van der Waals surface area contributed by atoms with Crippen LogP contribution in [0.25, 0.3) is 11.2 Å². The van der Waals surface area contributed by atoms with Crippen molar-refractivity contribution in [2.24, 2.45) is 14.1 Å². The number of hydrogen-bond donors (Lipinski definition) is 1. The van der Waals surface area contributed by atoms with E-state index in [0.29, 0.717) is 12.3 Å². The van der Waals surface area contributed by atoms with Gasteiger partial charge in [0.25, 0.3) is 11.5 Å². The summed E-state index contributed by atoms with van der Waals surface area (Å²) in [5, 5.41) is 1.67. The van der Waals surface area contributed by atoms with Crippen LogP contribution < -0.4 is 16.6 Å². The average molecular weight is 475 g/mol. The monoisotopic (exact) mass is 474 g/mol. The van der Waals surface area contributed by atoms with Gasteiger partial charge in [-0.2, -0.15) is 13.2 Å². The largest absolute Gasteiger partial charge is 0.454 e. The van der Waals surface area contributed by atoms with Crippen LogP contribution in [0.15, 0.2) is 28.2 Å². The lowest BCUT2D eigenvalue weighted by Crippen LogP contribution is -2.37. The summed E-state index contributed by atoms with van der Waals surface area (Å²) in [6, 6.07) is 0.591. The number of alkyl halides is 3. The Labute approximate surface area is 181 Å². The first-order chi connectivity index (χ1) is 14.9. The first-order valence-electron chi connectivity index (χ1n) is 8.69. The normalized spacial score (nSPS) is 11.6. The van der Waals surface area contributed by atoms with Crippen molar-refractivity contribution in [3.05, 3.63) is 50.0 Å². The maximum atomic E-state index is 12.6. The predicted octanol–water partition coefficient (Wildman–Crippen LogP) is 0.683. The maximum Gasteiger partial charge on any atom is 0.417 e. The Morgan fingerprint density at radius 3 is 2.50 bits per heavy atom. The van der Waals surface area contributed by atoms with Crippen LogP contribution in [-0.2, 0) is 41.1 Å². The minimum Gasteiger partial charge on any atom is -0.454 e. The van der Waals surface area contributed by atoms with Crippen molar-refractivity contribution >= 4 is 40.5 Å². The summed E-state index contributed by atoms with van der Waals surface area (Å²) in [4.78, 5) is 55.7. The van der Waals surface area contributed by atoms with E-state index in [9.17, 15) is 32.3 Å². The van der Waals surface area contributed by atoms with Gasteiger partial charge in [-0.3, -0.25) is 23.5 Å². The molecule has 3 aromatic heterocycles. The number of carbonyl (C=O) groups excluding carboxylic acids is 2. The number of aryl methyl sites for hydroxylation is 1. The third-order valence-corrected chi connectivity index (χ3v) is 4.60. The van der Waals surface area contributed by atoms with Gasteiger partial charge in [0.2, 0.25) is 0 Å². The molecule has 1 N–H and O–H groups in total. The van der Waals surface area contributed by atoms with Gasteiger partial charge in [-0.05, 0) is 6.07 Å². The van der Waals surface area contributed by atoms with Crippen LogP contribution in [0.5, 0.6) is 0 Å². The Balaban J connectivity index is 1.65. The fourth-order valence-corrected chi connectivity index (χ4v) is 2.91. The van der Waals surface area contributed by atoms with E-state index in [1.54, 1.807) is 0 Å². The predicted molar refractivity (Wildman–Crippen MR) is 104 cm³/mol. The Bertz CT molecular complexity index is 1340. The van der Waals surface area contributed by atoms with Gasteiger partial charge in [0.05, 0.1) is 16.9 Å². The molecule has 0 radical (unpaired) electrons. The van der Waals surface area contributed by atoms with Crippen LogP contribution in [-0.4, -0.2) is 42.2 Å². The number of ether oxygens (including phenoxy) is 1. The second kappa shape index (κ2) is 8.45. The highest BCUT2D eigenvalue weighted by molar-refractivity contribution is 6.33. The Morgan fingerprint density at radius 1 is 1.19 bits per heavy atom. The number of fused-ring (bicyclic) bond motifs is 1. The molecule has 0 bridgehead atoms. The van der Waals surface area contributed by atoms with Gasteiger partial charge >= 0.3 is 17.8 Å². The number of nitrogens with one attached hydrogen (secondary N) is 1. The SMILES string of the molecule is Cn1c(=O)c2c(ncn2CC(=O)OCC(=O)Nc2ncc(C(F)(F)F)cc2Cl)n(C)c1=O. The van der Waals surface area contributed by atoms with E-state index in [1.165, 1.54) is 20.4 Å². The van der Waals surface area contributed by atoms with Crippen LogP contribution in [0, 0.1) is 0 Å². The number of anilines is 1. The highest BCUT2D eigenvalue weighted by Crippen LogP contribution is 2.32. The number of rotatable bonds is 5. The van der Waals surface area contributed by atoms with E-state index in [1.807, 2.05) is 0 Å². The molecule has 0 aliphatic rings. The van der Waals surface area contributed by atoms with Crippen molar-refractivity contribution in [1.82, 2.24) is 23.7 Å². The zero-order valence-electron chi connectivity index (χ0n) is 16.4. The van der Waals surface area contributed by atoms with Crippen molar-refractivity contribution in [2.45, 2.75) is 12.7 Å².